The Balaban J connectivity index is 2.31. The first-order chi connectivity index (χ1) is 12.3. The van der Waals surface area contributed by atoms with Gasteiger partial charge in [-0.15, -0.1) is 0 Å². The van der Waals surface area contributed by atoms with Gasteiger partial charge < -0.3 is 5.32 Å². The van der Waals surface area contributed by atoms with Crippen molar-refractivity contribution in [2.45, 2.75) is 26.7 Å². The third kappa shape index (κ3) is 4.60. The molecule has 0 heterocycles. The topological polar surface area (TPSA) is 66.5 Å². The quantitative estimate of drug-likeness (QED) is 0.803. The minimum atomic E-state index is -3.83. The van der Waals surface area contributed by atoms with Crippen LogP contribution in [0.15, 0.2) is 42.5 Å². The van der Waals surface area contributed by atoms with Crippen LogP contribution in [-0.4, -0.2) is 27.1 Å². The van der Waals surface area contributed by atoms with Crippen LogP contribution in [0.4, 0.5) is 15.8 Å². The highest BCUT2D eigenvalue weighted by atomic mass is 32.2. The average molecular weight is 378 g/mol. The Hall–Kier alpha value is -2.41. The number of hydrogen-bond acceptors (Lipinski definition) is 3. The second-order valence-corrected chi connectivity index (χ2v) is 7.83. The van der Waals surface area contributed by atoms with Crippen LogP contribution in [0.3, 0.4) is 0 Å². The Labute approximate surface area is 153 Å². The number of amides is 1. The Morgan fingerprint density at radius 2 is 1.62 bits per heavy atom. The molecule has 0 unspecified atom stereocenters. The maximum atomic E-state index is 14.0. The van der Waals surface area contributed by atoms with E-state index in [0.717, 1.165) is 40.6 Å². The van der Waals surface area contributed by atoms with E-state index < -0.39 is 28.3 Å². The van der Waals surface area contributed by atoms with Gasteiger partial charge in [-0.2, -0.15) is 0 Å². The van der Waals surface area contributed by atoms with E-state index in [1.807, 2.05) is 32.0 Å². The molecule has 1 amide bonds. The van der Waals surface area contributed by atoms with Crippen molar-refractivity contribution in [3.05, 3.63) is 59.4 Å². The van der Waals surface area contributed by atoms with Crippen molar-refractivity contribution in [3.63, 3.8) is 0 Å². The van der Waals surface area contributed by atoms with Crippen molar-refractivity contribution >= 4 is 27.3 Å². The van der Waals surface area contributed by atoms with Gasteiger partial charge >= 0.3 is 0 Å². The van der Waals surface area contributed by atoms with E-state index in [0.29, 0.717) is 5.69 Å². The molecule has 2 aromatic carbocycles. The molecule has 0 saturated carbocycles. The molecule has 7 heteroatoms. The summed E-state index contributed by atoms with van der Waals surface area (Å²) < 4.78 is 39.0. The van der Waals surface area contributed by atoms with E-state index in [2.05, 4.69) is 5.32 Å². The smallest absolute Gasteiger partial charge is 0.245 e. The molecule has 0 bridgehead atoms. The molecular weight excluding hydrogens is 355 g/mol. The summed E-state index contributed by atoms with van der Waals surface area (Å²) in [7, 11) is -3.83. The van der Waals surface area contributed by atoms with Gasteiger partial charge in [0.15, 0.2) is 0 Å². The van der Waals surface area contributed by atoms with E-state index in [9.17, 15) is 17.6 Å². The number of rotatable bonds is 7. The summed E-state index contributed by atoms with van der Waals surface area (Å²) >= 11 is 0. The Bertz CT molecular complexity index is 875. The third-order valence-corrected chi connectivity index (χ3v) is 5.20. The molecule has 0 aliphatic carbocycles. The molecular formula is C19H23FN2O3S. The molecule has 0 spiro atoms. The largest absolute Gasteiger partial charge is 0.324 e. The predicted octanol–water partition coefficient (Wildman–Crippen LogP) is 3.36. The second-order valence-electron chi connectivity index (χ2n) is 5.93. The minimum absolute atomic E-state index is 0.148. The monoisotopic (exact) mass is 378 g/mol. The lowest BCUT2D eigenvalue weighted by molar-refractivity contribution is -0.114. The van der Waals surface area contributed by atoms with E-state index in [-0.39, 0.29) is 5.69 Å². The van der Waals surface area contributed by atoms with Gasteiger partial charge in [-0.1, -0.05) is 44.2 Å². The lowest BCUT2D eigenvalue weighted by Gasteiger charge is -2.23. The van der Waals surface area contributed by atoms with Crippen LogP contribution in [0.2, 0.25) is 0 Å². The zero-order chi connectivity index (χ0) is 19.3. The van der Waals surface area contributed by atoms with E-state index >= 15 is 0 Å². The fourth-order valence-corrected chi connectivity index (χ4v) is 3.60. The first-order valence-electron chi connectivity index (χ1n) is 8.40. The number of carbonyl (C=O) groups excluding carboxylic acids is 1. The number of hydrogen-bond donors (Lipinski definition) is 1. The molecule has 140 valence electrons. The summed E-state index contributed by atoms with van der Waals surface area (Å²) in [5.41, 5.74) is 2.48. The molecule has 26 heavy (non-hydrogen) atoms. The summed E-state index contributed by atoms with van der Waals surface area (Å²) in [5, 5.41) is 2.81. The molecule has 0 radical (unpaired) electrons. The molecule has 0 atom stereocenters. The van der Waals surface area contributed by atoms with Crippen molar-refractivity contribution in [2.75, 3.05) is 22.4 Å². The summed E-state index contributed by atoms with van der Waals surface area (Å²) in [4.78, 5) is 12.6. The summed E-state index contributed by atoms with van der Waals surface area (Å²) in [6, 6.07) is 11.2. The normalized spacial score (nSPS) is 11.2. The highest BCUT2D eigenvalue weighted by Gasteiger charge is 2.24. The molecule has 2 aromatic rings. The number of sulfonamides is 1. The lowest BCUT2D eigenvalue weighted by Crippen LogP contribution is -2.38. The number of halogens is 1. The Morgan fingerprint density at radius 1 is 1.04 bits per heavy atom. The van der Waals surface area contributed by atoms with E-state index in [4.69, 9.17) is 0 Å². The molecule has 0 aliphatic rings. The standard InChI is InChI=1S/C19H23FN2O3S/c1-4-14-9-8-10-15(5-2)19(14)21-18(23)13-22(26(3,24)25)17-12-7-6-11-16(17)20/h6-12H,4-5,13H2,1-3H3,(H,21,23). The van der Waals surface area contributed by atoms with Crippen molar-refractivity contribution in [2.24, 2.45) is 0 Å². The zero-order valence-electron chi connectivity index (χ0n) is 15.1. The van der Waals surface area contributed by atoms with Crippen molar-refractivity contribution in [3.8, 4) is 0 Å². The fraction of sp³-hybridized carbons (Fsp3) is 0.316. The van der Waals surface area contributed by atoms with E-state index in [1.165, 1.54) is 18.2 Å². The molecule has 0 aliphatic heterocycles. The average Bonchev–Trinajstić information content (AvgIpc) is 2.59. The fourth-order valence-electron chi connectivity index (χ4n) is 2.75. The Morgan fingerprint density at radius 3 is 2.12 bits per heavy atom. The molecule has 1 N–H and O–H groups in total. The SMILES string of the molecule is CCc1cccc(CC)c1NC(=O)CN(c1ccccc1F)S(C)(=O)=O. The minimum Gasteiger partial charge on any atom is -0.324 e. The van der Waals surface area contributed by atoms with Crippen LogP contribution < -0.4 is 9.62 Å². The molecule has 0 saturated heterocycles. The first kappa shape index (κ1) is 19.9. The maximum absolute atomic E-state index is 14.0. The highest BCUT2D eigenvalue weighted by Crippen LogP contribution is 2.24. The van der Waals surface area contributed by atoms with Gasteiger partial charge in [-0.25, -0.2) is 12.8 Å². The van der Waals surface area contributed by atoms with Gasteiger partial charge in [-0.05, 0) is 36.1 Å². The van der Waals surface area contributed by atoms with Crippen LogP contribution >= 0.6 is 0 Å². The summed E-state index contributed by atoms with van der Waals surface area (Å²) in [5.74, 6) is -1.22. The lowest BCUT2D eigenvalue weighted by atomic mass is 10.0. The molecule has 5 nitrogen and oxygen atoms in total. The number of anilines is 2. The molecule has 0 fully saturated rings. The van der Waals surface area contributed by atoms with Crippen molar-refractivity contribution in [1.82, 2.24) is 0 Å². The van der Waals surface area contributed by atoms with Gasteiger partial charge in [0.05, 0.1) is 11.9 Å². The first-order valence-corrected chi connectivity index (χ1v) is 10.3. The van der Waals surface area contributed by atoms with Crippen LogP contribution in [0, 0.1) is 5.82 Å². The third-order valence-electron chi connectivity index (χ3n) is 4.07. The number of carbonyl (C=O) groups is 1. The van der Waals surface area contributed by atoms with Gasteiger partial charge in [0.1, 0.15) is 12.4 Å². The van der Waals surface area contributed by atoms with Crippen LogP contribution in [0.1, 0.15) is 25.0 Å². The van der Waals surface area contributed by atoms with Crippen LogP contribution in [-0.2, 0) is 27.7 Å². The van der Waals surface area contributed by atoms with Crippen molar-refractivity contribution < 1.29 is 17.6 Å². The maximum Gasteiger partial charge on any atom is 0.245 e. The highest BCUT2D eigenvalue weighted by molar-refractivity contribution is 7.92. The Kier molecular flexibility index (Phi) is 6.37. The van der Waals surface area contributed by atoms with Crippen LogP contribution in [0.25, 0.3) is 0 Å². The van der Waals surface area contributed by atoms with Gasteiger partial charge in [-0.3, -0.25) is 9.10 Å². The predicted molar refractivity (Wildman–Crippen MR) is 102 cm³/mol. The summed E-state index contributed by atoms with van der Waals surface area (Å²) in [6.07, 6.45) is 2.41. The molecule has 2 rings (SSSR count). The van der Waals surface area contributed by atoms with Crippen molar-refractivity contribution in [1.29, 1.82) is 0 Å². The van der Waals surface area contributed by atoms with E-state index in [1.54, 1.807) is 0 Å². The van der Waals surface area contributed by atoms with Gasteiger partial charge in [0.2, 0.25) is 15.9 Å². The van der Waals surface area contributed by atoms with Gasteiger partial charge in [0.25, 0.3) is 0 Å². The number of nitrogens with one attached hydrogen (secondary N) is 1. The number of benzene rings is 2. The number of aryl methyl sites for hydroxylation is 2. The van der Waals surface area contributed by atoms with Crippen LogP contribution in [0.5, 0.6) is 0 Å². The molecule has 0 aromatic heterocycles. The number of nitrogens with zero attached hydrogens (tertiary/aromatic N) is 1. The summed E-state index contributed by atoms with van der Waals surface area (Å²) in [6.45, 7) is 3.46. The van der Waals surface area contributed by atoms with Gasteiger partial charge in [0, 0.05) is 5.69 Å². The number of para-hydroxylation sites is 2. The second kappa shape index (κ2) is 8.31. The zero-order valence-corrected chi connectivity index (χ0v) is 15.9.